The number of carbonyl (C=O) groups is 1. The van der Waals surface area contributed by atoms with Gasteiger partial charge in [-0.15, -0.1) is 0 Å². The number of amides is 2. The zero-order chi connectivity index (χ0) is 15.6. The number of anilines is 2. The van der Waals surface area contributed by atoms with Crippen LogP contribution >= 0.6 is 23.2 Å². The minimum Gasteiger partial charge on any atom is -0.505 e. The van der Waals surface area contributed by atoms with E-state index in [1.807, 2.05) is 0 Å². The number of carbonyl (C=O) groups excluding carboxylic acids is 1. The van der Waals surface area contributed by atoms with Gasteiger partial charge in [0.05, 0.1) is 15.7 Å². The van der Waals surface area contributed by atoms with Gasteiger partial charge in [-0.2, -0.15) is 0 Å². The summed E-state index contributed by atoms with van der Waals surface area (Å²) in [5.74, 6) is -1.98. The van der Waals surface area contributed by atoms with E-state index < -0.39 is 17.7 Å². The highest BCUT2D eigenvalue weighted by Gasteiger charge is 2.11. The normalized spacial score (nSPS) is 10.3. The van der Waals surface area contributed by atoms with Gasteiger partial charge >= 0.3 is 6.03 Å². The van der Waals surface area contributed by atoms with Gasteiger partial charge in [0.15, 0.2) is 5.75 Å². The average molecular weight is 333 g/mol. The molecular formula is C13H8Cl2F2N2O2. The molecule has 0 saturated carbocycles. The van der Waals surface area contributed by atoms with Gasteiger partial charge in [-0.3, -0.25) is 0 Å². The number of phenols is 1. The van der Waals surface area contributed by atoms with Crippen LogP contribution in [-0.4, -0.2) is 11.1 Å². The van der Waals surface area contributed by atoms with E-state index in [2.05, 4.69) is 10.6 Å². The number of hydrogen-bond donors (Lipinski definition) is 3. The Labute approximate surface area is 128 Å². The molecule has 0 aromatic heterocycles. The average Bonchev–Trinajstić information content (AvgIpc) is 2.39. The first-order valence-corrected chi connectivity index (χ1v) is 6.33. The lowest BCUT2D eigenvalue weighted by atomic mass is 10.3. The number of aromatic hydroxyl groups is 1. The van der Waals surface area contributed by atoms with Gasteiger partial charge in [-0.1, -0.05) is 23.2 Å². The molecule has 0 saturated heterocycles. The topological polar surface area (TPSA) is 61.4 Å². The molecule has 3 N–H and O–H groups in total. The van der Waals surface area contributed by atoms with Gasteiger partial charge in [0.1, 0.15) is 11.6 Å². The Kier molecular flexibility index (Phi) is 4.50. The minimum absolute atomic E-state index is 0.0502. The Bertz CT molecular complexity index is 688. The van der Waals surface area contributed by atoms with E-state index in [1.165, 1.54) is 12.1 Å². The molecule has 2 aromatic carbocycles. The van der Waals surface area contributed by atoms with Crippen molar-refractivity contribution in [3.05, 3.63) is 52.0 Å². The predicted molar refractivity (Wildman–Crippen MR) is 77.1 cm³/mol. The van der Waals surface area contributed by atoms with Crippen LogP contribution < -0.4 is 10.6 Å². The van der Waals surface area contributed by atoms with Crippen molar-refractivity contribution in [2.24, 2.45) is 0 Å². The molecular weight excluding hydrogens is 325 g/mol. The van der Waals surface area contributed by atoms with Crippen molar-refractivity contribution < 1.29 is 18.7 Å². The smallest absolute Gasteiger partial charge is 0.323 e. The molecule has 0 radical (unpaired) electrons. The molecule has 0 fully saturated rings. The van der Waals surface area contributed by atoms with Gasteiger partial charge in [0.25, 0.3) is 0 Å². The Hall–Kier alpha value is -2.05. The number of benzene rings is 2. The van der Waals surface area contributed by atoms with Gasteiger partial charge in [-0.25, -0.2) is 13.6 Å². The SMILES string of the molecule is O=C(Nc1cc(Cl)c(O)c(Cl)c1)Nc1ccc(F)cc1F. The van der Waals surface area contributed by atoms with Crippen LogP contribution in [0.15, 0.2) is 30.3 Å². The Balaban J connectivity index is 2.12. The molecule has 8 heteroatoms. The standard InChI is InChI=1S/C13H8Cl2F2N2O2/c14-8-4-7(5-9(15)12(8)20)18-13(21)19-11-2-1-6(16)3-10(11)17/h1-5,20H,(H2,18,19,21). The van der Waals surface area contributed by atoms with Crippen molar-refractivity contribution in [2.75, 3.05) is 10.6 Å². The van der Waals surface area contributed by atoms with E-state index in [4.69, 9.17) is 23.2 Å². The summed E-state index contributed by atoms with van der Waals surface area (Å²) < 4.78 is 26.1. The van der Waals surface area contributed by atoms with Gasteiger partial charge < -0.3 is 15.7 Å². The largest absolute Gasteiger partial charge is 0.505 e. The zero-order valence-electron chi connectivity index (χ0n) is 10.3. The highest BCUT2D eigenvalue weighted by Crippen LogP contribution is 2.34. The monoisotopic (exact) mass is 332 g/mol. The molecule has 0 atom stereocenters. The number of phenolic OH excluding ortho intramolecular Hbond substituents is 1. The van der Waals surface area contributed by atoms with E-state index in [1.54, 1.807) is 0 Å². The predicted octanol–water partition coefficient (Wildman–Crippen LogP) is 4.62. The fraction of sp³-hybridized carbons (Fsp3) is 0. The second-order valence-electron chi connectivity index (χ2n) is 3.99. The molecule has 110 valence electrons. The summed E-state index contributed by atoms with van der Waals surface area (Å²) in [6.07, 6.45) is 0. The van der Waals surface area contributed by atoms with E-state index in [0.717, 1.165) is 12.1 Å². The summed E-state index contributed by atoms with van der Waals surface area (Å²) in [6.45, 7) is 0. The van der Waals surface area contributed by atoms with Crippen LogP contribution in [0.4, 0.5) is 25.0 Å². The van der Waals surface area contributed by atoms with Crippen molar-refractivity contribution in [1.29, 1.82) is 0 Å². The summed E-state index contributed by atoms with van der Waals surface area (Å²) in [7, 11) is 0. The van der Waals surface area contributed by atoms with Crippen molar-refractivity contribution in [2.45, 2.75) is 0 Å². The molecule has 4 nitrogen and oxygen atoms in total. The van der Waals surface area contributed by atoms with Gasteiger partial charge in [-0.05, 0) is 24.3 Å². The first kappa shape index (κ1) is 15.3. The van der Waals surface area contributed by atoms with Crippen LogP contribution in [0.1, 0.15) is 0 Å². The lowest BCUT2D eigenvalue weighted by Crippen LogP contribution is -2.20. The molecule has 0 aliphatic carbocycles. The summed E-state index contributed by atoms with van der Waals surface area (Å²) in [5.41, 5.74) is 0.00712. The fourth-order valence-corrected chi connectivity index (χ4v) is 2.00. The number of urea groups is 1. The second kappa shape index (κ2) is 6.15. The van der Waals surface area contributed by atoms with E-state index in [0.29, 0.717) is 6.07 Å². The molecule has 2 rings (SSSR count). The van der Waals surface area contributed by atoms with Crippen LogP contribution in [0.5, 0.6) is 5.75 Å². The zero-order valence-corrected chi connectivity index (χ0v) is 11.8. The van der Waals surface area contributed by atoms with Crippen molar-refractivity contribution in [3.63, 3.8) is 0 Å². The molecule has 0 unspecified atom stereocenters. The number of hydrogen-bond acceptors (Lipinski definition) is 2. The third-order valence-corrected chi connectivity index (χ3v) is 3.03. The Morgan fingerprint density at radius 3 is 2.24 bits per heavy atom. The molecule has 0 aliphatic heterocycles. The molecule has 2 aromatic rings. The first-order chi connectivity index (χ1) is 9.86. The highest BCUT2D eigenvalue weighted by molar-refractivity contribution is 6.37. The summed E-state index contributed by atoms with van der Waals surface area (Å²) >= 11 is 11.4. The number of rotatable bonds is 2. The van der Waals surface area contributed by atoms with Crippen LogP contribution in [0.2, 0.25) is 10.0 Å². The summed E-state index contributed by atoms with van der Waals surface area (Å²) in [6, 6.07) is 4.49. The maximum atomic E-state index is 13.4. The van der Waals surface area contributed by atoms with E-state index in [-0.39, 0.29) is 27.2 Å². The highest BCUT2D eigenvalue weighted by atomic mass is 35.5. The van der Waals surface area contributed by atoms with Crippen molar-refractivity contribution >= 4 is 40.6 Å². The number of nitrogens with one attached hydrogen (secondary N) is 2. The van der Waals surface area contributed by atoms with Gasteiger partial charge in [0, 0.05) is 11.8 Å². The van der Waals surface area contributed by atoms with Crippen molar-refractivity contribution in [1.82, 2.24) is 0 Å². The first-order valence-electron chi connectivity index (χ1n) is 5.58. The quantitative estimate of drug-likeness (QED) is 0.702. The van der Waals surface area contributed by atoms with Gasteiger partial charge in [0.2, 0.25) is 0 Å². The maximum Gasteiger partial charge on any atom is 0.323 e. The van der Waals surface area contributed by atoms with E-state index >= 15 is 0 Å². The third-order valence-electron chi connectivity index (χ3n) is 2.45. The van der Waals surface area contributed by atoms with Crippen molar-refractivity contribution in [3.8, 4) is 5.75 Å². The molecule has 21 heavy (non-hydrogen) atoms. The van der Waals surface area contributed by atoms with E-state index in [9.17, 15) is 18.7 Å². The van der Waals surface area contributed by atoms with Crippen LogP contribution in [0.25, 0.3) is 0 Å². The molecule has 0 heterocycles. The lowest BCUT2D eigenvalue weighted by Gasteiger charge is -2.10. The fourth-order valence-electron chi connectivity index (χ4n) is 1.51. The lowest BCUT2D eigenvalue weighted by molar-refractivity contribution is 0.262. The van der Waals surface area contributed by atoms with Crippen LogP contribution in [0.3, 0.4) is 0 Å². The Morgan fingerprint density at radius 2 is 1.67 bits per heavy atom. The third kappa shape index (κ3) is 3.74. The van der Waals surface area contributed by atoms with Crippen LogP contribution in [0, 0.1) is 11.6 Å². The molecule has 0 spiro atoms. The Morgan fingerprint density at radius 1 is 1.05 bits per heavy atom. The number of halogens is 4. The second-order valence-corrected chi connectivity index (χ2v) is 4.81. The minimum atomic E-state index is -0.910. The molecule has 2 amide bonds. The van der Waals surface area contributed by atoms with Crippen LogP contribution in [-0.2, 0) is 0 Å². The molecule has 0 bridgehead atoms. The summed E-state index contributed by atoms with van der Waals surface area (Å²) in [5, 5.41) is 13.8. The summed E-state index contributed by atoms with van der Waals surface area (Å²) in [4.78, 5) is 11.7. The maximum absolute atomic E-state index is 13.4. The molecule has 0 aliphatic rings.